The van der Waals surface area contributed by atoms with E-state index in [-0.39, 0.29) is 23.7 Å². The molecule has 0 aromatic carbocycles. The molecule has 234 valence electrons. The molecule has 0 aromatic rings. The monoisotopic (exact) mass is 643 g/mol. The lowest BCUT2D eigenvalue weighted by molar-refractivity contribution is -0.139. The second-order valence-electron chi connectivity index (χ2n) is 9.43. The van der Waals surface area contributed by atoms with Crippen molar-refractivity contribution in [3.05, 3.63) is 0 Å². The Morgan fingerprint density at radius 3 is 1.70 bits per heavy atom. The van der Waals surface area contributed by atoms with E-state index in [1.807, 2.05) is 11.8 Å². The van der Waals surface area contributed by atoms with Crippen molar-refractivity contribution in [1.29, 1.82) is 0 Å². The smallest absolute Gasteiger partial charge is 0.233 e. The number of carbonyl (C=O) groups excluding carboxylic acids is 2. The van der Waals surface area contributed by atoms with Gasteiger partial charge in [0.25, 0.3) is 0 Å². The Morgan fingerprint density at radius 1 is 0.625 bits per heavy atom. The van der Waals surface area contributed by atoms with Crippen molar-refractivity contribution in [3.63, 3.8) is 0 Å². The molecule has 2 amide bonds. The average molecular weight is 644 g/mol. The maximum Gasteiger partial charge on any atom is 0.233 e. The second-order valence-corrected chi connectivity index (χ2v) is 13.0. The van der Waals surface area contributed by atoms with Crippen LogP contribution in [0.4, 0.5) is 0 Å². The van der Waals surface area contributed by atoms with Gasteiger partial charge in [-0.05, 0) is 31.4 Å². The molecule has 1 saturated heterocycles. The van der Waals surface area contributed by atoms with E-state index >= 15 is 0 Å². The largest absolute Gasteiger partial charge is 0.378 e. The minimum absolute atomic E-state index is 0.0383. The Balaban J connectivity index is 1.45. The number of carbonyl (C=O) groups is 2. The molecule has 2 rings (SSSR count). The van der Waals surface area contributed by atoms with Gasteiger partial charge in [0, 0.05) is 34.8 Å². The first-order chi connectivity index (χ1) is 19.7. The normalized spacial score (nSPS) is 20.9. The van der Waals surface area contributed by atoms with Crippen molar-refractivity contribution in [2.75, 3.05) is 115 Å². The van der Waals surface area contributed by atoms with E-state index in [9.17, 15) is 9.59 Å². The maximum atomic E-state index is 13.0. The SMILES string of the molecule is O=C1C2CCC(SCCOCCOCCOCCS)CC2C(=O)N1CCCSCCOCCOCCOCCS. The van der Waals surface area contributed by atoms with Gasteiger partial charge >= 0.3 is 0 Å². The molecule has 0 bridgehead atoms. The van der Waals surface area contributed by atoms with Crippen molar-refractivity contribution >= 4 is 60.6 Å². The van der Waals surface area contributed by atoms with E-state index in [4.69, 9.17) is 28.4 Å². The number of ether oxygens (including phenoxy) is 6. The molecule has 3 atom stereocenters. The highest BCUT2D eigenvalue weighted by Gasteiger charge is 2.49. The molecule has 1 saturated carbocycles. The standard InChI is InChI=1S/C27H49NO8S4/c29-26-24-3-2-23(40-21-16-36-12-8-32-6-10-34-14-18-38)22-25(24)27(30)28(26)4-1-19-39-20-15-35-11-7-31-5-9-33-13-17-37/h23-25,37-38H,1-22H2. The number of rotatable bonds is 27. The lowest BCUT2D eigenvalue weighted by atomic mass is 9.81. The number of thioether (sulfide) groups is 2. The number of hydrogen-bond donors (Lipinski definition) is 2. The Kier molecular flexibility index (Phi) is 22.5. The Labute approximate surface area is 260 Å². The third kappa shape index (κ3) is 15.7. The minimum atomic E-state index is -0.143. The van der Waals surface area contributed by atoms with Crippen LogP contribution < -0.4 is 0 Å². The quantitative estimate of drug-likeness (QED) is 0.0791. The molecule has 0 N–H and O–H groups in total. The number of nitrogens with zero attached hydrogens (tertiary/aromatic N) is 1. The van der Waals surface area contributed by atoms with Gasteiger partial charge in [0.15, 0.2) is 0 Å². The fourth-order valence-electron chi connectivity index (χ4n) is 4.61. The van der Waals surface area contributed by atoms with Crippen LogP contribution in [0.1, 0.15) is 25.7 Å². The number of thiol groups is 2. The highest BCUT2D eigenvalue weighted by atomic mass is 32.2. The van der Waals surface area contributed by atoms with Crippen molar-refractivity contribution in [3.8, 4) is 0 Å². The Morgan fingerprint density at radius 2 is 1.12 bits per heavy atom. The van der Waals surface area contributed by atoms with Gasteiger partial charge in [-0.3, -0.25) is 14.5 Å². The molecule has 0 radical (unpaired) electrons. The molecule has 1 aliphatic carbocycles. The van der Waals surface area contributed by atoms with Gasteiger partial charge in [-0.15, -0.1) is 0 Å². The van der Waals surface area contributed by atoms with Crippen LogP contribution in [0.25, 0.3) is 0 Å². The summed E-state index contributed by atoms with van der Waals surface area (Å²) < 4.78 is 32.7. The zero-order chi connectivity index (χ0) is 28.7. The van der Waals surface area contributed by atoms with Crippen molar-refractivity contribution in [2.45, 2.75) is 30.9 Å². The average Bonchev–Trinajstić information content (AvgIpc) is 3.20. The van der Waals surface area contributed by atoms with E-state index < -0.39 is 0 Å². The summed E-state index contributed by atoms with van der Waals surface area (Å²) in [6, 6.07) is 0. The highest BCUT2D eigenvalue weighted by molar-refractivity contribution is 8.00. The van der Waals surface area contributed by atoms with Crippen LogP contribution in [0.3, 0.4) is 0 Å². The van der Waals surface area contributed by atoms with Gasteiger partial charge in [-0.1, -0.05) is 0 Å². The van der Waals surface area contributed by atoms with E-state index in [0.29, 0.717) is 91.1 Å². The van der Waals surface area contributed by atoms with E-state index in [0.717, 1.165) is 54.4 Å². The predicted octanol–water partition coefficient (Wildman–Crippen LogP) is 2.96. The van der Waals surface area contributed by atoms with Crippen LogP contribution >= 0.6 is 48.8 Å². The number of amides is 2. The maximum absolute atomic E-state index is 13.0. The number of hydrogen-bond acceptors (Lipinski definition) is 12. The third-order valence-electron chi connectivity index (χ3n) is 6.55. The summed E-state index contributed by atoms with van der Waals surface area (Å²) in [6.45, 7) is 7.71. The molecule has 2 fully saturated rings. The van der Waals surface area contributed by atoms with Gasteiger partial charge in [-0.25, -0.2) is 0 Å². The third-order valence-corrected chi connectivity index (χ3v) is 9.25. The van der Waals surface area contributed by atoms with Crippen molar-refractivity contribution in [2.24, 2.45) is 11.8 Å². The van der Waals surface area contributed by atoms with Gasteiger partial charge < -0.3 is 28.4 Å². The molecule has 0 aromatic heterocycles. The minimum Gasteiger partial charge on any atom is -0.378 e. The topological polar surface area (TPSA) is 92.8 Å². The molecule has 1 aliphatic heterocycles. The molecule has 1 heterocycles. The number of imide groups is 1. The molecule has 3 unspecified atom stereocenters. The van der Waals surface area contributed by atoms with Crippen LogP contribution in [0.2, 0.25) is 0 Å². The molecular formula is C27H49NO8S4. The van der Waals surface area contributed by atoms with E-state index in [2.05, 4.69) is 25.3 Å². The highest BCUT2D eigenvalue weighted by Crippen LogP contribution is 2.42. The summed E-state index contributed by atoms with van der Waals surface area (Å²) in [7, 11) is 0. The second kappa shape index (κ2) is 24.7. The first-order valence-corrected chi connectivity index (χ1v) is 17.9. The Hall–Kier alpha value is 0.300. The summed E-state index contributed by atoms with van der Waals surface area (Å²) in [5.41, 5.74) is 0. The molecule has 2 aliphatic rings. The summed E-state index contributed by atoms with van der Waals surface area (Å²) in [6.07, 6.45) is 3.41. The van der Waals surface area contributed by atoms with Crippen LogP contribution in [-0.2, 0) is 38.0 Å². The molecule has 0 spiro atoms. The van der Waals surface area contributed by atoms with Gasteiger partial charge in [0.05, 0.1) is 91.1 Å². The molecule has 40 heavy (non-hydrogen) atoms. The zero-order valence-corrected chi connectivity index (χ0v) is 27.1. The van der Waals surface area contributed by atoms with Gasteiger partial charge in [-0.2, -0.15) is 48.8 Å². The lowest BCUT2D eigenvalue weighted by Crippen LogP contribution is -2.32. The summed E-state index contributed by atoms with van der Waals surface area (Å²) >= 11 is 11.8. The van der Waals surface area contributed by atoms with E-state index in [1.165, 1.54) is 4.90 Å². The summed E-state index contributed by atoms with van der Waals surface area (Å²) in [5, 5.41) is 0.411. The van der Waals surface area contributed by atoms with Gasteiger partial charge in [0.2, 0.25) is 11.8 Å². The molecular weight excluding hydrogens is 595 g/mol. The fraction of sp³-hybridized carbons (Fsp3) is 0.926. The zero-order valence-electron chi connectivity index (χ0n) is 23.7. The van der Waals surface area contributed by atoms with E-state index in [1.54, 1.807) is 11.8 Å². The number of fused-ring (bicyclic) bond motifs is 1. The predicted molar refractivity (Wildman–Crippen MR) is 168 cm³/mol. The van der Waals surface area contributed by atoms with Gasteiger partial charge in [0.1, 0.15) is 0 Å². The summed E-state index contributed by atoms with van der Waals surface area (Å²) in [5.74, 6) is 3.94. The first-order valence-electron chi connectivity index (χ1n) is 14.4. The molecule has 13 heteroatoms. The van der Waals surface area contributed by atoms with Crippen LogP contribution in [-0.4, -0.2) is 137 Å². The van der Waals surface area contributed by atoms with Crippen LogP contribution in [0, 0.1) is 11.8 Å². The van der Waals surface area contributed by atoms with Crippen LogP contribution in [0.5, 0.6) is 0 Å². The molecule has 9 nitrogen and oxygen atoms in total. The van der Waals surface area contributed by atoms with Crippen molar-refractivity contribution in [1.82, 2.24) is 4.90 Å². The first kappa shape index (κ1) is 36.5. The number of likely N-dealkylation sites (tertiary alicyclic amines) is 1. The fourth-order valence-corrected chi connectivity index (χ4v) is 6.84. The van der Waals surface area contributed by atoms with Crippen LogP contribution in [0.15, 0.2) is 0 Å². The summed E-state index contributed by atoms with van der Waals surface area (Å²) in [4.78, 5) is 27.4. The Bertz CT molecular complexity index is 666. The lowest BCUT2D eigenvalue weighted by Gasteiger charge is -2.28. The van der Waals surface area contributed by atoms with Crippen molar-refractivity contribution < 1.29 is 38.0 Å².